The highest BCUT2D eigenvalue weighted by Crippen LogP contribution is 2.27. The molecule has 0 aromatic heterocycles. The van der Waals surface area contributed by atoms with Gasteiger partial charge >= 0.3 is 0 Å². The lowest BCUT2D eigenvalue weighted by molar-refractivity contribution is 0.0382. The average molecular weight is 264 g/mol. The smallest absolute Gasteiger partial charge is 0.107 e. The monoisotopic (exact) mass is 264 g/mol. The number of benzene rings is 1. The number of nitrogens with zero attached hydrogens (tertiary/aromatic N) is 1. The van der Waals surface area contributed by atoms with Crippen molar-refractivity contribution in [2.75, 3.05) is 31.3 Å². The molecule has 2 rings (SSSR count). The Bertz CT molecular complexity index is 465. The minimum atomic E-state index is -0.817. The van der Waals surface area contributed by atoms with E-state index >= 15 is 0 Å². The largest absolute Gasteiger partial charge is 0.386 e. The molecule has 0 bridgehead atoms. The van der Waals surface area contributed by atoms with Crippen LogP contribution in [0.3, 0.4) is 0 Å². The second-order valence-corrected chi connectivity index (χ2v) is 5.22. The molecular weight excluding hydrogens is 248 g/mol. The number of hydrogen-bond acceptors (Lipinski definition) is 5. The van der Waals surface area contributed by atoms with Crippen molar-refractivity contribution in [1.82, 2.24) is 0 Å². The van der Waals surface area contributed by atoms with Crippen LogP contribution < -0.4 is 5.32 Å². The van der Waals surface area contributed by atoms with Gasteiger partial charge in [-0.1, -0.05) is 6.07 Å². The molecule has 5 heteroatoms. The van der Waals surface area contributed by atoms with E-state index in [-0.39, 0.29) is 0 Å². The van der Waals surface area contributed by atoms with Crippen molar-refractivity contribution in [2.45, 2.75) is 16.9 Å². The molecule has 2 N–H and O–H groups in total. The number of nitriles is 1. The molecule has 1 saturated heterocycles. The van der Waals surface area contributed by atoms with Gasteiger partial charge in [0, 0.05) is 24.5 Å². The van der Waals surface area contributed by atoms with Gasteiger partial charge in [-0.2, -0.15) is 5.26 Å². The van der Waals surface area contributed by atoms with E-state index in [1.54, 1.807) is 11.8 Å². The van der Waals surface area contributed by atoms with Crippen molar-refractivity contribution in [1.29, 1.82) is 5.26 Å². The third kappa shape index (κ3) is 2.78. The van der Waals surface area contributed by atoms with Crippen LogP contribution in [0, 0.1) is 11.3 Å². The van der Waals surface area contributed by atoms with Gasteiger partial charge in [-0.05, 0) is 18.4 Å². The van der Waals surface area contributed by atoms with Crippen LogP contribution in [-0.4, -0.2) is 36.7 Å². The van der Waals surface area contributed by atoms with E-state index in [1.807, 2.05) is 24.5 Å². The maximum atomic E-state index is 10.2. The maximum absolute atomic E-state index is 10.2. The van der Waals surface area contributed by atoms with Crippen molar-refractivity contribution in [3.05, 3.63) is 23.8 Å². The highest BCUT2D eigenvalue weighted by atomic mass is 32.2. The maximum Gasteiger partial charge on any atom is 0.107 e. The van der Waals surface area contributed by atoms with Crippen LogP contribution in [-0.2, 0) is 4.74 Å². The zero-order chi connectivity index (χ0) is 13.0. The molecule has 1 fully saturated rings. The van der Waals surface area contributed by atoms with Crippen LogP contribution >= 0.6 is 11.8 Å². The zero-order valence-electron chi connectivity index (χ0n) is 10.3. The fourth-order valence-electron chi connectivity index (χ4n) is 1.96. The molecule has 1 aromatic carbocycles. The molecule has 4 nitrogen and oxygen atoms in total. The van der Waals surface area contributed by atoms with Crippen LogP contribution in [0.15, 0.2) is 23.1 Å². The molecule has 0 saturated carbocycles. The van der Waals surface area contributed by atoms with Gasteiger partial charge in [0.25, 0.3) is 0 Å². The van der Waals surface area contributed by atoms with Gasteiger partial charge in [0.2, 0.25) is 0 Å². The van der Waals surface area contributed by atoms with E-state index in [2.05, 4.69) is 11.4 Å². The van der Waals surface area contributed by atoms with Gasteiger partial charge in [-0.3, -0.25) is 0 Å². The van der Waals surface area contributed by atoms with E-state index < -0.39 is 5.60 Å². The highest BCUT2D eigenvalue weighted by molar-refractivity contribution is 7.98. The molecule has 1 heterocycles. The first-order valence-electron chi connectivity index (χ1n) is 5.80. The number of ether oxygens (including phenoxy) is 1. The molecule has 1 aliphatic heterocycles. The average Bonchev–Trinajstić information content (AvgIpc) is 2.83. The second-order valence-electron chi connectivity index (χ2n) is 4.38. The van der Waals surface area contributed by atoms with Gasteiger partial charge in [-0.15, -0.1) is 11.8 Å². The minimum Gasteiger partial charge on any atom is -0.386 e. The zero-order valence-corrected chi connectivity index (χ0v) is 11.1. The van der Waals surface area contributed by atoms with Crippen molar-refractivity contribution in [3.63, 3.8) is 0 Å². The van der Waals surface area contributed by atoms with Gasteiger partial charge in [0.05, 0.1) is 17.9 Å². The number of hydrogen-bond donors (Lipinski definition) is 2. The summed E-state index contributed by atoms with van der Waals surface area (Å²) in [4.78, 5) is 0.942. The first kappa shape index (κ1) is 13.2. The Kier molecular flexibility index (Phi) is 4.12. The van der Waals surface area contributed by atoms with E-state index in [1.165, 1.54) is 0 Å². The Morgan fingerprint density at radius 2 is 2.44 bits per heavy atom. The molecule has 0 spiro atoms. The topological polar surface area (TPSA) is 65.3 Å². The molecule has 18 heavy (non-hydrogen) atoms. The molecule has 96 valence electrons. The predicted molar refractivity (Wildman–Crippen MR) is 71.8 cm³/mol. The van der Waals surface area contributed by atoms with E-state index in [9.17, 15) is 10.4 Å². The van der Waals surface area contributed by atoms with Crippen molar-refractivity contribution in [2.24, 2.45) is 0 Å². The lowest BCUT2D eigenvalue weighted by atomic mass is 10.0. The summed E-state index contributed by atoms with van der Waals surface area (Å²) < 4.78 is 5.19. The second kappa shape index (κ2) is 5.61. The summed E-state index contributed by atoms with van der Waals surface area (Å²) in [7, 11) is 0. The van der Waals surface area contributed by atoms with Crippen LogP contribution in [0.1, 0.15) is 12.0 Å². The third-order valence-corrected chi connectivity index (χ3v) is 3.83. The van der Waals surface area contributed by atoms with Crippen LogP contribution in [0.2, 0.25) is 0 Å². The summed E-state index contributed by atoms with van der Waals surface area (Å²) in [6.07, 6.45) is 2.57. The molecule has 1 aliphatic rings. The number of thioether (sulfide) groups is 1. The number of nitrogens with one attached hydrogen (secondary N) is 1. The van der Waals surface area contributed by atoms with Crippen LogP contribution in [0.4, 0.5) is 5.69 Å². The summed E-state index contributed by atoms with van der Waals surface area (Å²) in [6, 6.07) is 7.89. The van der Waals surface area contributed by atoms with Crippen molar-refractivity contribution in [3.8, 4) is 6.07 Å². The van der Waals surface area contributed by atoms with Gasteiger partial charge in [-0.25, -0.2) is 0 Å². The lowest BCUT2D eigenvalue weighted by Crippen LogP contribution is -2.37. The Balaban J connectivity index is 2.12. The lowest BCUT2D eigenvalue weighted by Gasteiger charge is -2.22. The van der Waals surface area contributed by atoms with Crippen molar-refractivity contribution >= 4 is 17.4 Å². The van der Waals surface area contributed by atoms with Gasteiger partial charge in [0.15, 0.2) is 0 Å². The first-order chi connectivity index (χ1) is 8.68. The summed E-state index contributed by atoms with van der Waals surface area (Å²) in [5.74, 6) is 0. The summed E-state index contributed by atoms with van der Waals surface area (Å²) in [6.45, 7) is 1.34. The van der Waals surface area contributed by atoms with E-state index in [4.69, 9.17) is 4.74 Å². The van der Waals surface area contributed by atoms with E-state index in [0.717, 1.165) is 10.6 Å². The molecule has 1 unspecified atom stereocenters. The standard InChI is InChI=1S/C13H16N2O2S/c1-18-12-4-2-3-11(10(12)7-14)15-8-13(16)5-6-17-9-13/h2-4,15-16H,5-6,8-9H2,1H3. The Morgan fingerprint density at radius 3 is 3.06 bits per heavy atom. The Labute approximate surface area is 111 Å². The predicted octanol–water partition coefficient (Wildman–Crippen LogP) is 1.84. The molecule has 0 aliphatic carbocycles. The van der Waals surface area contributed by atoms with Crippen molar-refractivity contribution < 1.29 is 9.84 Å². The molecular formula is C13H16N2O2S. The SMILES string of the molecule is CSc1cccc(NCC2(O)CCOC2)c1C#N. The summed E-state index contributed by atoms with van der Waals surface area (Å²) >= 11 is 1.54. The molecule has 0 amide bonds. The number of aliphatic hydroxyl groups is 1. The fourth-order valence-corrected chi connectivity index (χ4v) is 2.53. The summed E-state index contributed by atoms with van der Waals surface area (Å²) in [5, 5.41) is 22.5. The molecule has 0 radical (unpaired) electrons. The number of rotatable bonds is 4. The van der Waals surface area contributed by atoms with Crippen LogP contribution in [0.5, 0.6) is 0 Å². The van der Waals surface area contributed by atoms with E-state index in [0.29, 0.717) is 31.7 Å². The number of anilines is 1. The van der Waals surface area contributed by atoms with Gasteiger partial charge < -0.3 is 15.2 Å². The Morgan fingerprint density at radius 1 is 1.61 bits per heavy atom. The third-order valence-electron chi connectivity index (χ3n) is 3.05. The Hall–Kier alpha value is -1.22. The highest BCUT2D eigenvalue weighted by Gasteiger charge is 2.32. The normalized spacial score (nSPS) is 22.7. The molecule has 1 atom stereocenters. The van der Waals surface area contributed by atoms with Gasteiger partial charge in [0.1, 0.15) is 11.7 Å². The van der Waals surface area contributed by atoms with Crippen LogP contribution in [0.25, 0.3) is 0 Å². The summed E-state index contributed by atoms with van der Waals surface area (Å²) in [5.41, 5.74) is 0.583. The first-order valence-corrected chi connectivity index (χ1v) is 7.02. The quantitative estimate of drug-likeness (QED) is 0.812. The molecule has 1 aromatic rings. The fraction of sp³-hybridized carbons (Fsp3) is 0.462. The minimum absolute atomic E-state index is 0.351.